The Morgan fingerprint density at radius 3 is 2.62 bits per heavy atom. The van der Waals surface area contributed by atoms with Gasteiger partial charge in [0.2, 0.25) is 5.96 Å². The SMILES string of the molecule is C[C@H]1[C@H](C)CCC[C@H]1N1CN=C(NS(=O)(=O)c2ccccc2)NC1. The summed E-state index contributed by atoms with van der Waals surface area (Å²) in [6, 6.07) is 8.86. The number of hydrogen-bond donors (Lipinski definition) is 2. The summed E-state index contributed by atoms with van der Waals surface area (Å²) in [6.45, 7) is 5.78. The van der Waals surface area contributed by atoms with Gasteiger partial charge in [0.25, 0.3) is 10.0 Å². The van der Waals surface area contributed by atoms with Crippen LogP contribution in [-0.4, -0.2) is 38.7 Å². The number of hydrogen-bond acceptors (Lipinski definition) is 5. The lowest BCUT2D eigenvalue weighted by atomic mass is 9.77. The molecule has 1 aromatic rings. The molecule has 3 rings (SSSR count). The lowest BCUT2D eigenvalue weighted by molar-refractivity contribution is 0.0768. The molecule has 0 spiro atoms. The van der Waals surface area contributed by atoms with Crippen molar-refractivity contribution >= 4 is 16.0 Å². The first-order valence-corrected chi connectivity index (χ1v) is 10.1. The van der Waals surface area contributed by atoms with Crippen LogP contribution in [0.1, 0.15) is 33.1 Å². The summed E-state index contributed by atoms with van der Waals surface area (Å²) < 4.78 is 27.2. The molecule has 132 valence electrons. The van der Waals surface area contributed by atoms with Crippen LogP contribution >= 0.6 is 0 Å². The predicted octanol–water partition coefficient (Wildman–Crippen LogP) is 1.97. The maximum absolute atomic E-state index is 12.3. The topological polar surface area (TPSA) is 73.8 Å². The van der Waals surface area contributed by atoms with Gasteiger partial charge in [-0.05, 0) is 30.4 Å². The summed E-state index contributed by atoms with van der Waals surface area (Å²) in [5.41, 5.74) is 0. The van der Waals surface area contributed by atoms with Crippen LogP contribution in [0.2, 0.25) is 0 Å². The van der Waals surface area contributed by atoms with E-state index in [1.54, 1.807) is 30.3 Å². The van der Waals surface area contributed by atoms with Crippen molar-refractivity contribution < 1.29 is 8.42 Å². The highest BCUT2D eigenvalue weighted by Gasteiger charge is 2.32. The lowest BCUT2D eigenvalue weighted by Crippen LogP contribution is -2.55. The molecule has 0 bridgehead atoms. The van der Waals surface area contributed by atoms with E-state index in [9.17, 15) is 8.42 Å². The molecular formula is C17H26N4O2S. The molecule has 7 heteroatoms. The fraction of sp³-hybridized carbons (Fsp3) is 0.588. The molecule has 0 aromatic heterocycles. The summed E-state index contributed by atoms with van der Waals surface area (Å²) in [5.74, 6) is 1.69. The molecule has 2 N–H and O–H groups in total. The molecular weight excluding hydrogens is 324 g/mol. The van der Waals surface area contributed by atoms with Crippen molar-refractivity contribution in [3.05, 3.63) is 30.3 Å². The van der Waals surface area contributed by atoms with Gasteiger partial charge in [-0.15, -0.1) is 0 Å². The van der Waals surface area contributed by atoms with Gasteiger partial charge in [-0.3, -0.25) is 4.90 Å². The second-order valence-corrected chi connectivity index (χ2v) is 8.51. The van der Waals surface area contributed by atoms with Crippen LogP contribution in [0.15, 0.2) is 40.2 Å². The van der Waals surface area contributed by atoms with Gasteiger partial charge in [-0.2, -0.15) is 0 Å². The van der Waals surface area contributed by atoms with E-state index in [0.717, 1.165) is 5.92 Å². The van der Waals surface area contributed by atoms with Gasteiger partial charge in [-0.1, -0.05) is 44.9 Å². The van der Waals surface area contributed by atoms with Gasteiger partial charge in [-0.25, -0.2) is 18.1 Å². The highest BCUT2D eigenvalue weighted by molar-refractivity contribution is 7.90. The summed E-state index contributed by atoms with van der Waals surface area (Å²) in [5, 5.41) is 3.11. The zero-order chi connectivity index (χ0) is 17.2. The zero-order valence-corrected chi connectivity index (χ0v) is 15.1. The van der Waals surface area contributed by atoms with Crippen LogP contribution in [0, 0.1) is 11.8 Å². The maximum atomic E-state index is 12.3. The van der Waals surface area contributed by atoms with Crippen LogP contribution in [0.5, 0.6) is 0 Å². The van der Waals surface area contributed by atoms with Crippen molar-refractivity contribution in [1.29, 1.82) is 0 Å². The monoisotopic (exact) mass is 350 g/mol. The van der Waals surface area contributed by atoms with Gasteiger partial charge in [0.05, 0.1) is 18.2 Å². The van der Waals surface area contributed by atoms with Crippen molar-refractivity contribution in [2.45, 2.75) is 44.0 Å². The molecule has 1 heterocycles. The number of rotatable bonds is 3. The standard InChI is InChI=1S/C17H26N4O2S/c1-13-7-6-10-16(14(13)2)21-11-18-17(19-12-21)20-24(22,23)15-8-4-3-5-9-15/h3-5,8-9,13-14,16H,6-7,10-12H2,1-2H3,(H2,18,19,20)/t13-,14+,16-/m1/s1. The van der Waals surface area contributed by atoms with Crippen molar-refractivity contribution in [3.63, 3.8) is 0 Å². The molecule has 1 aromatic carbocycles. The first kappa shape index (κ1) is 17.2. The second-order valence-electron chi connectivity index (χ2n) is 6.82. The second kappa shape index (κ2) is 7.11. The Bertz CT molecular complexity index is 690. The molecule has 2 aliphatic rings. The van der Waals surface area contributed by atoms with E-state index in [1.807, 2.05) is 0 Å². The van der Waals surface area contributed by atoms with Gasteiger partial charge in [0.1, 0.15) is 0 Å². The molecule has 24 heavy (non-hydrogen) atoms. The van der Waals surface area contributed by atoms with Gasteiger partial charge < -0.3 is 5.32 Å². The molecule has 0 saturated heterocycles. The van der Waals surface area contributed by atoms with E-state index in [4.69, 9.17) is 0 Å². The third kappa shape index (κ3) is 3.72. The van der Waals surface area contributed by atoms with E-state index < -0.39 is 10.0 Å². The molecule has 0 radical (unpaired) electrons. The van der Waals surface area contributed by atoms with Gasteiger partial charge in [0, 0.05) is 6.04 Å². The average molecular weight is 350 g/mol. The molecule has 1 saturated carbocycles. The molecule has 0 unspecified atom stereocenters. The minimum atomic E-state index is -3.58. The Labute approximate surface area is 144 Å². The summed E-state index contributed by atoms with van der Waals surface area (Å²) >= 11 is 0. The van der Waals surface area contributed by atoms with E-state index in [1.165, 1.54) is 19.3 Å². The molecule has 1 fully saturated rings. The number of benzene rings is 1. The Morgan fingerprint density at radius 1 is 1.21 bits per heavy atom. The quantitative estimate of drug-likeness (QED) is 0.874. The number of guanidine groups is 1. The van der Waals surface area contributed by atoms with Gasteiger partial charge >= 0.3 is 0 Å². The molecule has 1 aliphatic heterocycles. The fourth-order valence-electron chi connectivity index (χ4n) is 3.59. The van der Waals surface area contributed by atoms with Crippen LogP contribution in [0.3, 0.4) is 0 Å². The minimum absolute atomic E-state index is 0.242. The third-order valence-corrected chi connectivity index (χ3v) is 6.63. The van der Waals surface area contributed by atoms with Gasteiger partial charge in [0.15, 0.2) is 0 Å². The summed E-state index contributed by atoms with van der Waals surface area (Å²) in [4.78, 5) is 6.95. The smallest absolute Gasteiger partial charge is 0.264 e. The Hall–Kier alpha value is -1.60. The fourth-order valence-corrected chi connectivity index (χ4v) is 4.61. The summed E-state index contributed by atoms with van der Waals surface area (Å²) in [6.07, 6.45) is 3.74. The van der Waals surface area contributed by atoms with Crippen molar-refractivity contribution in [1.82, 2.24) is 14.9 Å². The first-order valence-electron chi connectivity index (χ1n) is 8.57. The van der Waals surface area contributed by atoms with Crippen LogP contribution in [-0.2, 0) is 10.0 Å². The molecule has 1 aliphatic carbocycles. The Morgan fingerprint density at radius 2 is 1.96 bits per heavy atom. The summed E-state index contributed by atoms with van der Waals surface area (Å²) in [7, 11) is -3.58. The largest absolute Gasteiger partial charge is 0.343 e. The third-order valence-electron chi connectivity index (χ3n) is 5.28. The van der Waals surface area contributed by atoms with Crippen LogP contribution < -0.4 is 10.0 Å². The Balaban J connectivity index is 1.64. The molecule has 3 atom stereocenters. The van der Waals surface area contributed by atoms with E-state index >= 15 is 0 Å². The lowest BCUT2D eigenvalue weighted by Gasteiger charge is -2.42. The zero-order valence-electron chi connectivity index (χ0n) is 14.3. The van der Waals surface area contributed by atoms with E-state index in [0.29, 0.717) is 31.3 Å². The highest BCUT2D eigenvalue weighted by Crippen LogP contribution is 2.32. The molecule has 6 nitrogen and oxygen atoms in total. The van der Waals surface area contributed by atoms with E-state index in [-0.39, 0.29) is 4.90 Å². The van der Waals surface area contributed by atoms with Crippen molar-refractivity contribution in [2.75, 3.05) is 13.3 Å². The first-order chi connectivity index (χ1) is 11.5. The average Bonchev–Trinajstić information content (AvgIpc) is 2.59. The number of sulfonamides is 1. The normalized spacial score (nSPS) is 28.8. The highest BCUT2D eigenvalue weighted by atomic mass is 32.2. The number of nitrogens with one attached hydrogen (secondary N) is 2. The molecule has 0 amide bonds. The van der Waals surface area contributed by atoms with Crippen molar-refractivity contribution in [2.24, 2.45) is 16.8 Å². The number of aliphatic imine (C=N–C) groups is 1. The van der Waals surface area contributed by atoms with E-state index in [2.05, 4.69) is 33.8 Å². The van der Waals surface area contributed by atoms with Crippen molar-refractivity contribution in [3.8, 4) is 0 Å². The predicted molar refractivity (Wildman–Crippen MR) is 94.9 cm³/mol. The Kier molecular flexibility index (Phi) is 5.10. The number of nitrogens with zero attached hydrogens (tertiary/aromatic N) is 2. The maximum Gasteiger partial charge on any atom is 0.264 e. The van der Waals surface area contributed by atoms with Crippen LogP contribution in [0.4, 0.5) is 0 Å². The van der Waals surface area contributed by atoms with Crippen LogP contribution in [0.25, 0.3) is 0 Å². The minimum Gasteiger partial charge on any atom is -0.343 e.